The standard InChI is InChI=1S/C55H110O14Si8/c1-9-16-23-30-31-33-39-46-70(8)61-74(49-42-35-26-19-12-4)66-76(51-44-37-28-21-14-6,64-72(58,59)54-55(57)53-56)68-75(50-43-36-27-20-13-5)63-71(47-40-32-24-17-10-2)62-73(60,48-41-34-25-18-11-3)65-77(67-74,69-75)52-45-38-29-22-15-7/h39-52,55-60,70-71H,9-38,53-54H2,1-8H3/b46-39+,47-40+,48-41+,49-42-,50-43+,51-44+,52-45+. The Labute approximate surface area is 478 Å². The largest absolute Gasteiger partial charge is 0.510 e. The van der Waals surface area contributed by atoms with Gasteiger partial charge >= 0.3 is 62.1 Å². The van der Waals surface area contributed by atoms with Gasteiger partial charge in [0.15, 0.2) is 9.04 Å². The Kier molecular flexibility index (Phi) is 39.7. The molecule has 2 fully saturated rings. The van der Waals surface area contributed by atoms with Crippen molar-refractivity contribution in [1.82, 2.24) is 0 Å². The van der Waals surface area contributed by atoms with Crippen molar-refractivity contribution in [2.24, 2.45) is 0 Å². The first kappa shape index (κ1) is 72.5. The SMILES string of the molecule is CCCCC/C=C\[Si]1(O[SiH](C)/C=C/CCCCCCC)O[Si](/C=C/CCCCC)(O[Si](O)(O)CC(O)CO)O[Si]2(/C=C/CCCCC)O[SiH](/C=C/CCCCC)O[Si](O)(/C=C/CCCCC)O[Si](/C=C/CCCCC)(O1)O2. The van der Waals surface area contributed by atoms with Gasteiger partial charge in [0.05, 0.1) is 12.7 Å². The molecule has 8 unspecified atom stereocenters. The zero-order valence-corrected chi connectivity index (χ0v) is 57.7. The molecule has 77 heavy (non-hydrogen) atoms. The molecular weight excluding hydrogens is 1110 g/mol. The summed E-state index contributed by atoms with van der Waals surface area (Å²) in [4.78, 5) is 37.4. The van der Waals surface area contributed by atoms with Crippen molar-refractivity contribution in [3.8, 4) is 0 Å². The third-order valence-electron chi connectivity index (χ3n) is 13.0. The Bertz CT molecular complexity index is 1730. The summed E-state index contributed by atoms with van der Waals surface area (Å²) in [7, 11) is -33.7. The van der Waals surface area contributed by atoms with E-state index < -0.39 is 89.9 Å². The third kappa shape index (κ3) is 31.6. The maximum Gasteiger partial charge on any atom is 0.510 e. The summed E-state index contributed by atoms with van der Waals surface area (Å²) in [6.45, 7) is 16.5. The molecule has 0 saturated carbocycles. The van der Waals surface area contributed by atoms with Gasteiger partial charge in [-0.25, -0.2) is 0 Å². The molecule has 0 amide bonds. The monoisotopic (exact) mass is 1220 g/mol. The Morgan fingerprint density at radius 3 is 1.42 bits per heavy atom. The second-order valence-electron chi connectivity index (χ2n) is 20.9. The fourth-order valence-corrected chi connectivity index (χ4v) is 40.5. The van der Waals surface area contributed by atoms with Gasteiger partial charge in [0, 0.05) is 6.04 Å². The lowest BCUT2D eigenvalue weighted by molar-refractivity contribution is 0.0610. The van der Waals surface area contributed by atoms with Crippen molar-refractivity contribution in [3.63, 3.8) is 0 Å². The number of unbranched alkanes of at least 4 members (excludes halogenated alkanes) is 23. The number of aliphatic hydroxyl groups excluding tert-OH is 2. The summed E-state index contributed by atoms with van der Waals surface area (Å²) in [6, 6.07) is -0.667. The predicted molar refractivity (Wildman–Crippen MR) is 331 cm³/mol. The van der Waals surface area contributed by atoms with Crippen LogP contribution in [0.1, 0.15) is 241 Å². The lowest BCUT2D eigenvalue weighted by Gasteiger charge is -2.51. The number of hydrogen-bond acceptors (Lipinski definition) is 14. The van der Waals surface area contributed by atoms with Gasteiger partial charge in [0.2, 0.25) is 0 Å². The highest BCUT2D eigenvalue weighted by molar-refractivity contribution is 7.00. The van der Waals surface area contributed by atoms with Crippen LogP contribution in [0.25, 0.3) is 0 Å². The molecule has 14 nitrogen and oxygen atoms in total. The molecule has 2 aliphatic rings. The molecular formula is C55H110O14Si8. The summed E-state index contributed by atoms with van der Waals surface area (Å²) in [5, 5.41) is 20.9. The van der Waals surface area contributed by atoms with Gasteiger partial charge in [0.1, 0.15) is 0 Å². The van der Waals surface area contributed by atoms with Crippen LogP contribution in [-0.2, 0) is 37.0 Å². The number of allylic oxidation sites excluding steroid dienone is 7. The summed E-state index contributed by atoms with van der Waals surface area (Å²) in [6.07, 6.45) is 40.8. The van der Waals surface area contributed by atoms with Gasteiger partial charge < -0.3 is 61.6 Å². The number of aliphatic hydroxyl groups is 2. The molecule has 2 heterocycles. The first-order valence-electron chi connectivity index (χ1n) is 30.5. The molecule has 22 heteroatoms. The summed E-state index contributed by atoms with van der Waals surface area (Å²) < 4.78 is 66.4. The number of rotatable bonds is 44. The van der Waals surface area contributed by atoms with E-state index in [2.05, 4.69) is 66.8 Å². The van der Waals surface area contributed by atoms with E-state index >= 15 is 0 Å². The van der Waals surface area contributed by atoms with Crippen molar-refractivity contribution in [2.75, 3.05) is 6.61 Å². The molecule has 0 aliphatic carbocycles. The summed E-state index contributed by atoms with van der Waals surface area (Å²) >= 11 is 0. The average molecular weight is 1220 g/mol. The van der Waals surface area contributed by atoms with Gasteiger partial charge in [-0.05, 0) is 125 Å². The minimum atomic E-state index is -5.04. The molecule has 5 N–H and O–H groups in total. The highest BCUT2D eigenvalue weighted by atomic mass is 28.6. The van der Waals surface area contributed by atoms with Crippen LogP contribution in [0.4, 0.5) is 0 Å². The summed E-state index contributed by atoms with van der Waals surface area (Å²) in [5.41, 5.74) is 12.9. The maximum atomic E-state index is 13.2. The zero-order chi connectivity index (χ0) is 56.6. The van der Waals surface area contributed by atoms with Crippen molar-refractivity contribution >= 4 is 71.2 Å². The van der Waals surface area contributed by atoms with E-state index in [4.69, 9.17) is 37.0 Å². The van der Waals surface area contributed by atoms with E-state index in [9.17, 15) is 24.6 Å². The first-order valence-corrected chi connectivity index (χ1v) is 45.5. The second-order valence-corrected chi connectivity index (χ2v) is 41.2. The van der Waals surface area contributed by atoms with E-state index in [1.165, 1.54) is 19.3 Å². The van der Waals surface area contributed by atoms with Crippen LogP contribution in [0.3, 0.4) is 0 Å². The molecule has 0 aromatic rings. The Morgan fingerprint density at radius 1 is 0.481 bits per heavy atom. The smallest absolute Gasteiger partial charge is 0.412 e. The lowest BCUT2D eigenvalue weighted by Crippen LogP contribution is -2.77. The van der Waals surface area contributed by atoms with Gasteiger partial charge in [-0.15, -0.1) is 0 Å². The molecule has 2 aliphatic heterocycles. The minimum absolute atomic E-state index is 0.592. The van der Waals surface area contributed by atoms with Crippen LogP contribution in [-0.4, -0.2) is 108 Å². The molecule has 0 aromatic carbocycles. The fourth-order valence-electron chi connectivity index (χ4n) is 8.72. The zero-order valence-electron chi connectivity index (χ0n) is 49.4. The molecule has 2 rings (SSSR count). The Hall–Kier alpha value is -0.645. The van der Waals surface area contributed by atoms with E-state index in [0.29, 0.717) is 32.1 Å². The topological polar surface area (TPSA) is 184 Å². The molecule has 8 atom stereocenters. The third-order valence-corrected chi connectivity index (χ3v) is 39.8. The van der Waals surface area contributed by atoms with E-state index in [1.807, 2.05) is 59.3 Å². The maximum absolute atomic E-state index is 13.2. The predicted octanol–water partition coefficient (Wildman–Crippen LogP) is 13.2. The van der Waals surface area contributed by atoms with Gasteiger partial charge in [-0.3, -0.25) is 0 Å². The van der Waals surface area contributed by atoms with Crippen molar-refractivity contribution in [2.45, 2.75) is 260 Å². The first-order chi connectivity index (χ1) is 37.1. The number of fused-ring (bicyclic) bond motifs is 2. The molecule has 0 radical (unpaired) electrons. The van der Waals surface area contributed by atoms with Gasteiger partial charge in [-0.1, -0.05) is 205 Å². The van der Waals surface area contributed by atoms with Crippen LogP contribution in [0.5, 0.6) is 0 Å². The van der Waals surface area contributed by atoms with Crippen molar-refractivity contribution < 1.29 is 61.6 Å². The molecule has 2 bridgehead atoms. The lowest BCUT2D eigenvalue weighted by atomic mass is 10.1. The van der Waals surface area contributed by atoms with Crippen molar-refractivity contribution in [3.05, 3.63) is 82.4 Å². The fraction of sp³-hybridized carbons (Fsp3) is 0.745. The van der Waals surface area contributed by atoms with Gasteiger partial charge in [0.25, 0.3) is 0 Å². The van der Waals surface area contributed by atoms with Crippen LogP contribution in [0.2, 0.25) is 12.6 Å². The van der Waals surface area contributed by atoms with Gasteiger partial charge in [-0.2, -0.15) is 0 Å². The van der Waals surface area contributed by atoms with Crippen molar-refractivity contribution in [1.29, 1.82) is 0 Å². The Balaban J connectivity index is 3.36. The van der Waals surface area contributed by atoms with E-state index in [-0.39, 0.29) is 0 Å². The van der Waals surface area contributed by atoms with Crippen LogP contribution >= 0.6 is 0 Å². The highest BCUT2D eigenvalue weighted by Crippen LogP contribution is 2.41. The summed E-state index contributed by atoms with van der Waals surface area (Å²) in [5.74, 6) is 0. The second kappa shape index (κ2) is 42.2. The minimum Gasteiger partial charge on any atom is -0.412 e. The molecule has 0 aromatic heterocycles. The van der Waals surface area contributed by atoms with Crippen LogP contribution < -0.4 is 0 Å². The number of hydrogen-bond donors (Lipinski definition) is 5. The highest BCUT2D eigenvalue weighted by Gasteiger charge is 2.71. The quantitative estimate of drug-likeness (QED) is 0.0287. The average Bonchev–Trinajstić information content (AvgIpc) is 3.39. The molecule has 0 spiro atoms. The normalized spacial score (nSPS) is 26.8. The molecule has 446 valence electrons. The Morgan fingerprint density at radius 2 is 0.896 bits per heavy atom. The van der Waals surface area contributed by atoms with E-state index in [0.717, 1.165) is 141 Å². The van der Waals surface area contributed by atoms with Crippen LogP contribution in [0, 0.1) is 0 Å². The molecule has 2 saturated heterocycles. The van der Waals surface area contributed by atoms with Crippen LogP contribution in [0.15, 0.2) is 82.4 Å². The van der Waals surface area contributed by atoms with E-state index in [1.54, 1.807) is 11.4 Å².